The van der Waals surface area contributed by atoms with Crippen LogP contribution in [0.15, 0.2) is 79.1 Å². The summed E-state index contributed by atoms with van der Waals surface area (Å²) in [5.74, 6) is -4.61. The van der Waals surface area contributed by atoms with Gasteiger partial charge < -0.3 is 10.2 Å². The number of nitrogens with one attached hydrogen (secondary N) is 1. The van der Waals surface area contributed by atoms with Gasteiger partial charge in [0.15, 0.2) is 0 Å². The zero-order valence-electron chi connectivity index (χ0n) is 20.8. The number of benzene rings is 2. The van der Waals surface area contributed by atoms with Crippen molar-refractivity contribution in [2.24, 2.45) is 0 Å². The lowest BCUT2D eigenvalue weighted by molar-refractivity contribution is -0.116. The van der Waals surface area contributed by atoms with E-state index in [0.717, 1.165) is 11.8 Å². The van der Waals surface area contributed by atoms with Gasteiger partial charge in [-0.2, -0.15) is 15.3 Å². The molecule has 2 aromatic heterocycles. The van der Waals surface area contributed by atoms with Crippen molar-refractivity contribution in [1.82, 2.24) is 25.3 Å². The molecular weight excluding hydrogens is 526 g/mol. The van der Waals surface area contributed by atoms with E-state index >= 15 is 8.78 Å². The smallest absolute Gasteiger partial charge is 0.275 e. The van der Waals surface area contributed by atoms with Crippen molar-refractivity contribution < 1.29 is 18.4 Å². The van der Waals surface area contributed by atoms with Crippen LogP contribution in [0, 0.1) is 6.92 Å². The molecule has 0 aliphatic carbocycles. The molecule has 5 rings (SSSR count). The number of halogens is 3. The minimum absolute atomic E-state index is 0.0286. The third-order valence-corrected chi connectivity index (χ3v) is 6.60. The Bertz CT molecular complexity index is 1570. The summed E-state index contributed by atoms with van der Waals surface area (Å²) in [6.45, 7) is 1.60. The van der Waals surface area contributed by atoms with Gasteiger partial charge in [0.1, 0.15) is 0 Å². The molecule has 1 aliphatic heterocycles. The largest absolute Gasteiger partial charge is 0.347 e. The number of hydrogen-bond donors (Lipinski definition) is 1. The first kappa shape index (κ1) is 26.2. The Kier molecular flexibility index (Phi) is 7.21. The summed E-state index contributed by atoms with van der Waals surface area (Å²) < 4.78 is 32.5. The summed E-state index contributed by atoms with van der Waals surface area (Å²) in [4.78, 5) is 27.6. The Balaban J connectivity index is 1.46. The summed E-state index contributed by atoms with van der Waals surface area (Å²) in [5, 5.41) is 14.7. The number of para-hydroxylation sites is 1. The van der Waals surface area contributed by atoms with Crippen LogP contribution in [0.3, 0.4) is 0 Å². The van der Waals surface area contributed by atoms with Crippen LogP contribution < -0.4 is 10.2 Å². The first-order chi connectivity index (χ1) is 18.7. The Hall–Kier alpha value is -4.44. The first-order valence-corrected chi connectivity index (χ1v) is 12.5. The zero-order valence-corrected chi connectivity index (χ0v) is 21.6. The van der Waals surface area contributed by atoms with Crippen molar-refractivity contribution in [3.63, 3.8) is 0 Å². The Morgan fingerprint density at radius 2 is 1.95 bits per heavy atom. The molecule has 0 saturated carbocycles. The number of carbonyl (C=O) groups excluding carboxylic acids is 2. The van der Waals surface area contributed by atoms with Gasteiger partial charge in [-0.3, -0.25) is 9.59 Å². The molecular formula is C28H23ClF2N6O2. The minimum Gasteiger partial charge on any atom is -0.347 e. The van der Waals surface area contributed by atoms with Crippen molar-refractivity contribution >= 4 is 34.7 Å². The number of carbonyl (C=O) groups is 2. The number of allylic oxidation sites excluding steroid dienone is 1. The van der Waals surface area contributed by atoms with E-state index in [2.05, 4.69) is 20.6 Å². The van der Waals surface area contributed by atoms with Gasteiger partial charge in [-0.15, -0.1) is 0 Å². The molecule has 8 nitrogen and oxygen atoms in total. The van der Waals surface area contributed by atoms with Crippen LogP contribution in [0.5, 0.6) is 0 Å². The standard InChI is InChI=1S/C28H23ClF2N6O2/c1-18-10-13-37(35-18)20-8-9-22(24(29)15-20)27(39)36-14-11-28(30,31)23(21-6-2-3-7-25(21)36)16-26(38)32-17-19-5-4-12-33-34-19/h2-10,12-13,15-16H,11,14,17H2,1H3,(H,32,38)/b23-16-. The van der Waals surface area contributed by atoms with Crippen molar-refractivity contribution in [2.75, 3.05) is 11.4 Å². The van der Waals surface area contributed by atoms with Gasteiger partial charge in [-0.25, -0.2) is 13.5 Å². The molecule has 3 heterocycles. The monoisotopic (exact) mass is 548 g/mol. The highest BCUT2D eigenvalue weighted by atomic mass is 35.5. The molecule has 0 bridgehead atoms. The first-order valence-electron chi connectivity index (χ1n) is 12.1. The van der Waals surface area contributed by atoms with Gasteiger partial charge in [0.2, 0.25) is 5.91 Å². The van der Waals surface area contributed by atoms with Crippen LogP contribution in [0.25, 0.3) is 11.3 Å². The van der Waals surface area contributed by atoms with E-state index in [1.54, 1.807) is 59.4 Å². The fraction of sp³-hybridized carbons (Fsp3) is 0.179. The number of hydrogen-bond acceptors (Lipinski definition) is 5. The van der Waals surface area contributed by atoms with Crippen LogP contribution in [0.1, 0.15) is 33.7 Å². The van der Waals surface area contributed by atoms with Crippen LogP contribution in [-0.2, 0) is 11.3 Å². The number of anilines is 1. The number of nitrogens with zero attached hydrogens (tertiary/aromatic N) is 5. The Labute approximate surface area is 227 Å². The SMILES string of the molecule is Cc1ccn(-c2ccc(C(=O)N3CCC(F)(F)/C(=C\C(=O)NCc4cccnn4)c4ccccc43)c(Cl)c2)n1. The molecule has 2 aromatic carbocycles. The number of fused-ring (bicyclic) bond motifs is 1. The quantitative estimate of drug-likeness (QED) is 0.354. The predicted molar refractivity (Wildman–Crippen MR) is 143 cm³/mol. The molecule has 0 radical (unpaired) electrons. The fourth-order valence-electron chi connectivity index (χ4n) is 4.35. The van der Waals surface area contributed by atoms with E-state index in [9.17, 15) is 9.59 Å². The maximum atomic E-state index is 15.4. The van der Waals surface area contributed by atoms with Gasteiger partial charge in [-0.1, -0.05) is 29.8 Å². The second-order valence-electron chi connectivity index (χ2n) is 8.99. The molecule has 11 heteroatoms. The highest BCUT2D eigenvalue weighted by Crippen LogP contribution is 2.43. The Morgan fingerprint density at radius 3 is 2.67 bits per heavy atom. The van der Waals surface area contributed by atoms with Gasteiger partial charge in [0.25, 0.3) is 11.8 Å². The zero-order chi connectivity index (χ0) is 27.6. The average molecular weight is 549 g/mol. The van der Waals surface area contributed by atoms with Crippen LogP contribution >= 0.6 is 11.6 Å². The molecule has 2 amide bonds. The van der Waals surface area contributed by atoms with Crippen LogP contribution in [0.4, 0.5) is 14.5 Å². The molecule has 0 saturated heterocycles. The maximum absolute atomic E-state index is 15.4. The summed E-state index contributed by atoms with van der Waals surface area (Å²) in [7, 11) is 0. The number of alkyl halides is 2. The van der Waals surface area contributed by atoms with Crippen molar-refractivity contribution in [1.29, 1.82) is 0 Å². The lowest BCUT2D eigenvalue weighted by atomic mass is 9.97. The van der Waals surface area contributed by atoms with E-state index in [4.69, 9.17) is 11.6 Å². The van der Waals surface area contributed by atoms with Crippen molar-refractivity contribution in [3.8, 4) is 5.69 Å². The van der Waals surface area contributed by atoms with Crippen molar-refractivity contribution in [2.45, 2.75) is 25.8 Å². The number of aryl methyl sites for hydroxylation is 1. The maximum Gasteiger partial charge on any atom is 0.275 e. The van der Waals surface area contributed by atoms with Crippen LogP contribution in [-0.4, -0.2) is 44.3 Å². The van der Waals surface area contributed by atoms with E-state index < -0.39 is 29.7 Å². The molecule has 0 atom stereocenters. The lowest BCUT2D eigenvalue weighted by Crippen LogP contribution is -2.33. The number of aromatic nitrogens is 4. The second kappa shape index (κ2) is 10.7. The molecule has 0 spiro atoms. The molecule has 1 aliphatic rings. The summed E-state index contributed by atoms with van der Waals surface area (Å²) in [5.41, 5.74) is 2.00. The highest BCUT2D eigenvalue weighted by Gasteiger charge is 2.41. The predicted octanol–water partition coefficient (Wildman–Crippen LogP) is 5.01. The normalized spacial score (nSPS) is 15.5. The van der Waals surface area contributed by atoms with Gasteiger partial charge >= 0.3 is 0 Å². The third-order valence-electron chi connectivity index (χ3n) is 6.29. The van der Waals surface area contributed by atoms with E-state index in [-0.39, 0.29) is 34.9 Å². The summed E-state index contributed by atoms with van der Waals surface area (Å²) in [6, 6.07) is 16.3. The summed E-state index contributed by atoms with van der Waals surface area (Å²) in [6.07, 6.45) is 3.47. The fourth-order valence-corrected chi connectivity index (χ4v) is 4.60. The minimum atomic E-state index is -3.37. The molecule has 1 N–H and O–H groups in total. The Morgan fingerprint density at radius 1 is 1.13 bits per heavy atom. The second-order valence-corrected chi connectivity index (χ2v) is 9.39. The highest BCUT2D eigenvalue weighted by molar-refractivity contribution is 6.34. The van der Waals surface area contributed by atoms with Crippen molar-refractivity contribution in [3.05, 3.63) is 107 Å². The molecule has 0 unspecified atom stereocenters. The van der Waals surface area contributed by atoms with Gasteiger partial charge in [-0.05, 0) is 49.4 Å². The average Bonchev–Trinajstić information content (AvgIpc) is 3.33. The lowest BCUT2D eigenvalue weighted by Gasteiger charge is -2.23. The van der Waals surface area contributed by atoms with Gasteiger partial charge in [0.05, 0.1) is 39.9 Å². The van der Waals surface area contributed by atoms with Crippen LogP contribution in [0.2, 0.25) is 5.02 Å². The third kappa shape index (κ3) is 5.56. The van der Waals surface area contributed by atoms with E-state index in [0.29, 0.717) is 11.4 Å². The molecule has 4 aromatic rings. The molecule has 39 heavy (non-hydrogen) atoms. The summed E-state index contributed by atoms with van der Waals surface area (Å²) >= 11 is 6.50. The van der Waals surface area contributed by atoms with E-state index in [1.807, 2.05) is 13.0 Å². The van der Waals surface area contributed by atoms with Gasteiger partial charge in [0, 0.05) is 42.6 Å². The number of rotatable bonds is 5. The molecule has 198 valence electrons. The molecule has 0 fully saturated rings. The van der Waals surface area contributed by atoms with E-state index in [1.165, 1.54) is 17.2 Å². The number of amides is 2. The topological polar surface area (TPSA) is 93.0 Å².